The summed E-state index contributed by atoms with van der Waals surface area (Å²) >= 11 is 1.47. The molecule has 0 aliphatic heterocycles. The fourth-order valence-electron chi connectivity index (χ4n) is 1.41. The van der Waals surface area contributed by atoms with Crippen LogP contribution in [0, 0.1) is 0 Å². The molecule has 1 aromatic heterocycles. The summed E-state index contributed by atoms with van der Waals surface area (Å²) in [5, 5.41) is 12.9. The Balaban J connectivity index is 2.90. The van der Waals surface area contributed by atoms with E-state index in [1.165, 1.54) is 11.3 Å². The highest BCUT2D eigenvalue weighted by atomic mass is 32.2. The van der Waals surface area contributed by atoms with Crippen LogP contribution in [0.15, 0.2) is 5.38 Å². The van der Waals surface area contributed by atoms with Gasteiger partial charge in [-0.05, 0) is 13.8 Å². The molecule has 110 valence electrons. The first kappa shape index (κ1) is 16.6. The topological polar surface area (TPSA) is 67.3 Å². The molecule has 0 radical (unpaired) electrons. The second-order valence-corrected chi connectivity index (χ2v) is 10.0. The van der Waals surface area contributed by atoms with Gasteiger partial charge < -0.3 is 5.11 Å². The van der Waals surface area contributed by atoms with Gasteiger partial charge in [0.1, 0.15) is 0 Å². The van der Waals surface area contributed by atoms with Gasteiger partial charge in [-0.15, -0.1) is 11.3 Å². The van der Waals surface area contributed by atoms with Gasteiger partial charge in [0.2, 0.25) is 0 Å². The summed E-state index contributed by atoms with van der Waals surface area (Å²) in [6.45, 7) is 9.31. The number of hydrogen-bond donors (Lipinski definition) is 1. The summed E-state index contributed by atoms with van der Waals surface area (Å²) in [5.74, 6) is 0. The van der Waals surface area contributed by atoms with E-state index in [-0.39, 0.29) is 11.8 Å². The molecule has 1 heterocycles. The van der Waals surface area contributed by atoms with Crippen molar-refractivity contribution >= 4 is 21.2 Å². The maximum absolute atomic E-state index is 11.7. The lowest BCUT2D eigenvalue weighted by atomic mass is 9.93. The van der Waals surface area contributed by atoms with E-state index in [9.17, 15) is 13.5 Å². The fraction of sp³-hybridized carbons (Fsp3) is 0.769. The summed E-state index contributed by atoms with van der Waals surface area (Å²) in [6.07, 6.45) is 0.459. The maximum Gasteiger partial charge on any atom is 0.155 e. The van der Waals surface area contributed by atoms with Crippen molar-refractivity contribution in [1.82, 2.24) is 4.98 Å². The number of sulfone groups is 1. The zero-order valence-electron chi connectivity index (χ0n) is 12.4. The van der Waals surface area contributed by atoms with Crippen molar-refractivity contribution in [3.63, 3.8) is 0 Å². The summed E-state index contributed by atoms with van der Waals surface area (Å²) in [6, 6.07) is 0. The van der Waals surface area contributed by atoms with Crippen LogP contribution in [0.25, 0.3) is 0 Å². The van der Waals surface area contributed by atoms with Crippen molar-refractivity contribution in [1.29, 1.82) is 0 Å². The molecule has 1 N–H and O–H groups in total. The Labute approximate surface area is 119 Å². The lowest BCUT2D eigenvalue weighted by Crippen LogP contribution is -2.44. The first-order chi connectivity index (χ1) is 8.35. The van der Waals surface area contributed by atoms with E-state index >= 15 is 0 Å². The van der Waals surface area contributed by atoms with Crippen LogP contribution in [0.3, 0.4) is 0 Å². The molecule has 6 heteroatoms. The van der Waals surface area contributed by atoms with Gasteiger partial charge in [0, 0.05) is 23.5 Å². The molecule has 1 aromatic rings. The Morgan fingerprint density at radius 3 is 2.21 bits per heavy atom. The van der Waals surface area contributed by atoms with Gasteiger partial charge in [-0.2, -0.15) is 0 Å². The van der Waals surface area contributed by atoms with Gasteiger partial charge in [-0.25, -0.2) is 13.4 Å². The molecule has 0 fully saturated rings. The predicted molar refractivity (Wildman–Crippen MR) is 79.4 cm³/mol. The maximum atomic E-state index is 11.7. The number of hydrogen-bond acceptors (Lipinski definition) is 5. The smallest absolute Gasteiger partial charge is 0.155 e. The van der Waals surface area contributed by atoms with Gasteiger partial charge >= 0.3 is 0 Å². The largest absolute Gasteiger partial charge is 0.391 e. The number of aromatic nitrogens is 1. The molecule has 0 saturated heterocycles. The van der Waals surface area contributed by atoms with Crippen LogP contribution in [0.5, 0.6) is 0 Å². The molecular formula is C13H23NO3S2. The number of thiazole rings is 1. The first-order valence-corrected chi connectivity index (χ1v) is 8.95. The molecule has 0 aromatic carbocycles. The Morgan fingerprint density at radius 2 is 1.84 bits per heavy atom. The minimum absolute atomic E-state index is 0.0357. The van der Waals surface area contributed by atoms with E-state index in [1.807, 2.05) is 5.38 Å². The third-order valence-corrected chi connectivity index (χ3v) is 6.50. The van der Waals surface area contributed by atoms with E-state index in [4.69, 9.17) is 0 Å². The first-order valence-electron chi connectivity index (χ1n) is 6.18. The van der Waals surface area contributed by atoms with Crippen molar-refractivity contribution in [2.24, 2.45) is 0 Å². The highest BCUT2D eigenvalue weighted by Crippen LogP contribution is 2.27. The van der Waals surface area contributed by atoms with Gasteiger partial charge in [0.15, 0.2) is 9.84 Å². The molecule has 4 nitrogen and oxygen atoms in total. The van der Waals surface area contributed by atoms with Crippen molar-refractivity contribution in [3.05, 3.63) is 16.1 Å². The fourth-order valence-corrected chi connectivity index (χ4v) is 3.04. The highest BCUT2D eigenvalue weighted by molar-refractivity contribution is 7.92. The van der Waals surface area contributed by atoms with E-state index in [2.05, 4.69) is 25.8 Å². The third kappa shape index (κ3) is 3.77. The Morgan fingerprint density at radius 1 is 1.32 bits per heavy atom. The molecule has 0 spiro atoms. The number of rotatable bonds is 4. The van der Waals surface area contributed by atoms with Crippen LogP contribution in [0.2, 0.25) is 0 Å². The van der Waals surface area contributed by atoms with Crippen molar-refractivity contribution < 1.29 is 13.5 Å². The number of aliphatic hydroxyl groups excluding tert-OH is 1. The van der Waals surface area contributed by atoms with Gasteiger partial charge in [-0.1, -0.05) is 20.8 Å². The molecule has 1 rings (SSSR count). The average Bonchev–Trinajstić information content (AvgIpc) is 2.63. The number of aliphatic hydroxyl groups is 1. The normalized spacial score (nSPS) is 15.5. The Kier molecular flexibility index (Phi) is 4.49. The van der Waals surface area contributed by atoms with Crippen LogP contribution >= 0.6 is 11.3 Å². The quantitative estimate of drug-likeness (QED) is 0.925. The second kappa shape index (κ2) is 5.14. The molecule has 0 aliphatic rings. The monoisotopic (exact) mass is 305 g/mol. The summed E-state index contributed by atoms with van der Waals surface area (Å²) in [7, 11) is -3.32. The van der Waals surface area contributed by atoms with Crippen molar-refractivity contribution in [3.8, 4) is 0 Å². The highest BCUT2D eigenvalue weighted by Gasteiger charge is 2.38. The molecule has 1 atom stereocenters. The second-order valence-electron chi connectivity index (χ2n) is 6.47. The zero-order valence-corrected chi connectivity index (χ0v) is 14.0. The Hall–Kier alpha value is -0.460. The minimum atomic E-state index is -3.32. The van der Waals surface area contributed by atoms with E-state index in [0.29, 0.717) is 0 Å². The van der Waals surface area contributed by atoms with Crippen molar-refractivity contribution in [2.45, 2.75) is 57.3 Å². The standard InChI is InChI=1S/C13H23NO3S2/c1-12(2,3)9-8-18-11(14-9)7-10(15)13(4,5)19(6,16)17/h8,10,15H,7H2,1-6H3. The summed E-state index contributed by atoms with van der Waals surface area (Å²) in [5.41, 5.74) is 0.934. The van der Waals surface area contributed by atoms with Crippen LogP contribution in [-0.4, -0.2) is 35.6 Å². The summed E-state index contributed by atoms with van der Waals surface area (Å²) < 4.78 is 22.2. The molecule has 0 saturated carbocycles. The van der Waals surface area contributed by atoms with Crippen LogP contribution in [0.1, 0.15) is 45.3 Å². The Bertz CT molecular complexity index is 538. The molecule has 19 heavy (non-hydrogen) atoms. The zero-order chi connectivity index (χ0) is 15.1. The number of nitrogens with zero attached hydrogens (tertiary/aromatic N) is 1. The molecule has 0 aliphatic carbocycles. The minimum Gasteiger partial charge on any atom is -0.391 e. The van der Waals surface area contributed by atoms with Crippen LogP contribution < -0.4 is 0 Å². The summed E-state index contributed by atoms with van der Waals surface area (Å²) in [4.78, 5) is 4.48. The lowest BCUT2D eigenvalue weighted by molar-refractivity contribution is 0.137. The SMILES string of the molecule is CC(C)(C)c1csc(CC(O)C(C)(C)S(C)(=O)=O)n1. The lowest BCUT2D eigenvalue weighted by Gasteiger charge is -2.28. The van der Waals surface area contributed by atoms with Gasteiger partial charge in [0.05, 0.1) is 21.6 Å². The van der Waals surface area contributed by atoms with E-state index in [0.717, 1.165) is 17.0 Å². The van der Waals surface area contributed by atoms with E-state index < -0.39 is 20.7 Å². The molecule has 0 bridgehead atoms. The third-order valence-electron chi connectivity index (χ3n) is 3.45. The molecular weight excluding hydrogens is 282 g/mol. The van der Waals surface area contributed by atoms with Gasteiger partial charge in [-0.3, -0.25) is 0 Å². The van der Waals surface area contributed by atoms with Crippen molar-refractivity contribution in [2.75, 3.05) is 6.26 Å². The molecule has 0 amide bonds. The van der Waals surface area contributed by atoms with Crippen LogP contribution in [0.4, 0.5) is 0 Å². The van der Waals surface area contributed by atoms with Crippen LogP contribution in [-0.2, 0) is 21.7 Å². The predicted octanol–water partition coefficient (Wildman–Crippen LogP) is 2.17. The average molecular weight is 305 g/mol. The van der Waals surface area contributed by atoms with E-state index in [1.54, 1.807) is 13.8 Å². The molecule has 1 unspecified atom stereocenters. The van der Waals surface area contributed by atoms with Gasteiger partial charge in [0.25, 0.3) is 0 Å².